The number of ether oxygens (including phenoxy) is 3. The highest BCUT2D eigenvalue weighted by atomic mass is 16.7. The van der Waals surface area contributed by atoms with Crippen LogP contribution in [0, 0.1) is 0 Å². The maximum Gasteiger partial charge on any atom is 0.275 e. The minimum absolute atomic E-state index is 0.186. The first-order valence-corrected chi connectivity index (χ1v) is 9.11. The molecule has 0 unspecified atom stereocenters. The van der Waals surface area contributed by atoms with Gasteiger partial charge >= 0.3 is 0 Å². The Hall–Kier alpha value is -3.81. The SMILES string of the molecule is COc1ccc(CCNc2cnc(C(=O)Nc3ccc4c(c3)OCO4)cn2)cc1. The second kappa shape index (κ2) is 8.47. The lowest BCUT2D eigenvalue weighted by Crippen LogP contribution is -2.15. The van der Waals surface area contributed by atoms with Gasteiger partial charge in [-0.1, -0.05) is 12.1 Å². The Bertz CT molecular complexity index is 991. The van der Waals surface area contributed by atoms with Gasteiger partial charge in [-0.3, -0.25) is 4.79 Å². The van der Waals surface area contributed by atoms with Gasteiger partial charge in [-0.05, 0) is 36.2 Å². The molecule has 1 aliphatic rings. The third kappa shape index (κ3) is 4.55. The predicted octanol–water partition coefficient (Wildman–Crippen LogP) is 3.12. The molecule has 1 aromatic heterocycles. The Morgan fingerprint density at radius 1 is 1.07 bits per heavy atom. The summed E-state index contributed by atoms with van der Waals surface area (Å²) >= 11 is 0. The molecule has 0 saturated carbocycles. The molecule has 8 nitrogen and oxygen atoms in total. The largest absolute Gasteiger partial charge is 0.497 e. The second-order valence-corrected chi connectivity index (χ2v) is 6.33. The van der Waals surface area contributed by atoms with Gasteiger partial charge in [0.05, 0.1) is 19.5 Å². The Morgan fingerprint density at radius 2 is 1.90 bits per heavy atom. The Kier molecular flexibility index (Phi) is 5.42. The van der Waals surface area contributed by atoms with E-state index < -0.39 is 0 Å². The van der Waals surface area contributed by atoms with Crippen molar-refractivity contribution in [2.45, 2.75) is 6.42 Å². The molecule has 8 heteroatoms. The van der Waals surface area contributed by atoms with Crippen LogP contribution in [0.3, 0.4) is 0 Å². The number of carbonyl (C=O) groups excluding carboxylic acids is 1. The number of aromatic nitrogens is 2. The average molecular weight is 392 g/mol. The summed E-state index contributed by atoms with van der Waals surface area (Å²) in [6.45, 7) is 0.884. The molecule has 2 N–H and O–H groups in total. The lowest BCUT2D eigenvalue weighted by Gasteiger charge is -2.08. The van der Waals surface area contributed by atoms with E-state index >= 15 is 0 Å². The summed E-state index contributed by atoms with van der Waals surface area (Å²) in [5.74, 6) is 2.36. The number of rotatable bonds is 7. The summed E-state index contributed by atoms with van der Waals surface area (Å²) in [6.07, 6.45) is 3.82. The zero-order valence-electron chi connectivity index (χ0n) is 15.8. The molecule has 0 fully saturated rings. The van der Waals surface area contributed by atoms with Gasteiger partial charge < -0.3 is 24.8 Å². The van der Waals surface area contributed by atoms with Gasteiger partial charge in [0.15, 0.2) is 11.5 Å². The van der Waals surface area contributed by atoms with E-state index in [4.69, 9.17) is 14.2 Å². The highest BCUT2D eigenvalue weighted by Gasteiger charge is 2.15. The summed E-state index contributed by atoms with van der Waals surface area (Å²) in [5, 5.41) is 5.97. The highest BCUT2D eigenvalue weighted by Crippen LogP contribution is 2.34. The third-order valence-electron chi connectivity index (χ3n) is 4.39. The highest BCUT2D eigenvalue weighted by molar-refractivity contribution is 6.02. The molecular weight excluding hydrogens is 372 g/mol. The van der Waals surface area contributed by atoms with Crippen LogP contribution in [0.25, 0.3) is 0 Å². The van der Waals surface area contributed by atoms with Crippen molar-refractivity contribution < 1.29 is 19.0 Å². The maximum atomic E-state index is 12.4. The van der Waals surface area contributed by atoms with Gasteiger partial charge in [0.1, 0.15) is 17.3 Å². The van der Waals surface area contributed by atoms with Crippen molar-refractivity contribution in [3.8, 4) is 17.2 Å². The number of nitrogens with one attached hydrogen (secondary N) is 2. The van der Waals surface area contributed by atoms with E-state index in [0.29, 0.717) is 29.5 Å². The molecule has 0 bridgehead atoms. The van der Waals surface area contributed by atoms with Crippen LogP contribution in [0.1, 0.15) is 16.1 Å². The molecule has 0 radical (unpaired) electrons. The predicted molar refractivity (Wildman–Crippen MR) is 108 cm³/mol. The minimum Gasteiger partial charge on any atom is -0.497 e. The van der Waals surface area contributed by atoms with E-state index in [1.54, 1.807) is 31.5 Å². The van der Waals surface area contributed by atoms with Crippen LogP contribution in [0.15, 0.2) is 54.9 Å². The van der Waals surface area contributed by atoms with Gasteiger partial charge in [0, 0.05) is 18.3 Å². The van der Waals surface area contributed by atoms with E-state index in [1.165, 1.54) is 11.8 Å². The number of fused-ring (bicyclic) bond motifs is 1. The zero-order chi connectivity index (χ0) is 20.1. The minimum atomic E-state index is -0.346. The molecule has 0 atom stereocenters. The number of hydrogen-bond donors (Lipinski definition) is 2. The van der Waals surface area contributed by atoms with Crippen molar-refractivity contribution >= 4 is 17.4 Å². The smallest absolute Gasteiger partial charge is 0.275 e. The molecule has 2 aromatic carbocycles. The summed E-state index contributed by atoms with van der Waals surface area (Å²) in [6, 6.07) is 13.1. The summed E-state index contributed by atoms with van der Waals surface area (Å²) in [4.78, 5) is 20.8. The first kappa shape index (κ1) is 18.5. The van der Waals surface area contributed by atoms with Crippen molar-refractivity contribution in [2.75, 3.05) is 31.1 Å². The van der Waals surface area contributed by atoms with E-state index in [9.17, 15) is 4.79 Å². The maximum absolute atomic E-state index is 12.4. The number of amides is 1. The van der Waals surface area contributed by atoms with Crippen molar-refractivity contribution in [3.63, 3.8) is 0 Å². The topological polar surface area (TPSA) is 94.6 Å². The lowest BCUT2D eigenvalue weighted by molar-refractivity contribution is 0.102. The number of carbonyl (C=O) groups is 1. The molecule has 3 aromatic rings. The van der Waals surface area contributed by atoms with E-state index in [2.05, 4.69) is 20.6 Å². The van der Waals surface area contributed by atoms with Gasteiger partial charge in [-0.2, -0.15) is 0 Å². The number of anilines is 2. The zero-order valence-corrected chi connectivity index (χ0v) is 15.8. The monoisotopic (exact) mass is 392 g/mol. The fourth-order valence-electron chi connectivity index (χ4n) is 2.83. The van der Waals surface area contributed by atoms with Crippen LogP contribution in [0.2, 0.25) is 0 Å². The molecule has 1 aliphatic heterocycles. The van der Waals surface area contributed by atoms with Crippen LogP contribution in [-0.2, 0) is 6.42 Å². The fraction of sp³-hybridized carbons (Fsp3) is 0.190. The molecule has 0 saturated heterocycles. The van der Waals surface area contributed by atoms with E-state index in [0.717, 1.165) is 12.2 Å². The van der Waals surface area contributed by atoms with Crippen molar-refractivity contribution in [1.82, 2.24) is 9.97 Å². The Balaban J connectivity index is 1.29. The molecule has 4 rings (SSSR count). The lowest BCUT2D eigenvalue weighted by atomic mass is 10.1. The van der Waals surface area contributed by atoms with Gasteiger partial charge in [-0.25, -0.2) is 9.97 Å². The van der Waals surface area contributed by atoms with Crippen LogP contribution < -0.4 is 24.8 Å². The first-order valence-electron chi connectivity index (χ1n) is 9.11. The van der Waals surface area contributed by atoms with Gasteiger partial charge in [0.2, 0.25) is 6.79 Å². The third-order valence-corrected chi connectivity index (χ3v) is 4.39. The normalized spacial score (nSPS) is 11.8. The van der Waals surface area contributed by atoms with Crippen molar-refractivity contribution in [1.29, 1.82) is 0 Å². The van der Waals surface area contributed by atoms with Crippen LogP contribution in [0.4, 0.5) is 11.5 Å². The van der Waals surface area contributed by atoms with Crippen LogP contribution in [-0.4, -0.2) is 36.3 Å². The van der Waals surface area contributed by atoms with Gasteiger partial charge in [0.25, 0.3) is 5.91 Å². The molecular formula is C21H20N4O4. The van der Waals surface area contributed by atoms with Gasteiger partial charge in [-0.15, -0.1) is 0 Å². The number of benzene rings is 2. The van der Waals surface area contributed by atoms with Crippen molar-refractivity contribution in [3.05, 3.63) is 66.1 Å². The molecule has 1 amide bonds. The molecule has 2 heterocycles. The molecule has 29 heavy (non-hydrogen) atoms. The van der Waals surface area contributed by atoms with E-state index in [1.807, 2.05) is 24.3 Å². The Morgan fingerprint density at radius 3 is 2.66 bits per heavy atom. The number of nitrogens with zero attached hydrogens (tertiary/aromatic N) is 2. The second-order valence-electron chi connectivity index (χ2n) is 6.33. The van der Waals surface area contributed by atoms with Crippen molar-refractivity contribution in [2.24, 2.45) is 0 Å². The molecule has 0 spiro atoms. The summed E-state index contributed by atoms with van der Waals surface area (Å²) in [5.41, 5.74) is 2.01. The number of methoxy groups -OCH3 is 1. The van der Waals surface area contributed by atoms with Crippen LogP contribution in [0.5, 0.6) is 17.2 Å². The summed E-state index contributed by atoms with van der Waals surface area (Å²) in [7, 11) is 1.65. The Labute approximate surface area is 167 Å². The average Bonchev–Trinajstić information content (AvgIpc) is 3.22. The fourth-order valence-corrected chi connectivity index (χ4v) is 2.83. The molecule has 148 valence electrons. The number of hydrogen-bond acceptors (Lipinski definition) is 7. The van der Waals surface area contributed by atoms with Crippen LogP contribution >= 0.6 is 0 Å². The quantitative estimate of drug-likeness (QED) is 0.638. The standard InChI is InChI=1S/C21H20N4O4/c1-27-16-5-2-14(3-6-16)8-9-22-20-12-23-17(11-24-20)21(26)25-15-4-7-18-19(10-15)29-13-28-18/h2-7,10-12H,8-9,13H2,1H3,(H,22,24)(H,25,26). The molecule has 0 aliphatic carbocycles. The van der Waals surface area contributed by atoms with E-state index in [-0.39, 0.29) is 18.4 Å². The summed E-state index contributed by atoms with van der Waals surface area (Å²) < 4.78 is 15.7. The first-order chi connectivity index (χ1) is 14.2.